The molecule has 5 heteroatoms. The number of nitrogens with two attached hydrogens (primary N) is 1. The highest BCUT2D eigenvalue weighted by Crippen LogP contribution is 2.32. The van der Waals surface area contributed by atoms with Crippen molar-refractivity contribution in [3.63, 3.8) is 0 Å². The van der Waals surface area contributed by atoms with Crippen LogP contribution in [0.4, 0.5) is 0 Å². The molecule has 0 aromatic heterocycles. The summed E-state index contributed by atoms with van der Waals surface area (Å²) in [5.41, 5.74) is 5.65. The van der Waals surface area contributed by atoms with Crippen molar-refractivity contribution in [3.8, 4) is 0 Å². The van der Waals surface area contributed by atoms with E-state index in [1.165, 1.54) is 12.8 Å². The molecule has 0 aromatic rings. The zero-order chi connectivity index (χ0) is 15.6. The maximum Gasteiger partial charge on any atom is 0.227 e. The van der Waals surface area contributed by atoms with Gasteiger partial charge in [0.2, 0.25) is 11.8 Å². The summed E-state index contributed by atoms with van der Waals surface area (Å²) < 4.78 is 0. The summed E-state index contributed by atoms with van der Waals surface area (Å²) in [5, 5.41) is 3.07. The minimum absolute atomic E-state index is 0.0209. The number of likely N-dealkylation sites (tertiary alicyclic amines) is 1. The third-order valence-electron chi connectivity index (χ3n) is 4.44. The highest BCUT2D eigenvalue weighted by atomic mass is 16.2. The molecule has 1 aliphatic heterocycles. The molecule has 21 heavy (non-hydrogen) atoms. The van der Waals surface area contributed by atoms with E-state index in [1.807, 2.05) is 25.7 Å². The molecule has 0 radical (unpaired) electrons. The van der Waals surface area contributed by atoms with Crippen LogP contribution in [0.25, 0.3) is 0 Å². The van der Waals surface area contributed by atoms with Crippen molar-refractivity contribution < 1.29 is 9.59 Å². The van der Waals surface area contributed by atoms with Gasteiger partial charge in [-0.3, -0.25) is 9.59 Å². The SMILES string of the molecule is CC(C)(C)C(=O)N1CCC(NC(=O)CC(N)C2CC2)CC1. The first-order valence-electron chi connectivity index (χ1n) is 8.11. The quantitative estimate of drug-likeness (QED) is 0.820. The lowest BCUT2D eigenvalue weighted by atomic mass is 9.93. The molecule has 0 bridgehead atoms. The van der Waals surface area contributed by atoms with Gasteiger partial charge < -0.3 is 16.0 Å². The van der Waals surface area contributed by atoms with E-state index in [-0.39, 0.29) is 29.3 Å². The summed E-state index contributed by atoms with van der Waals surface area (Å²) in [6.45, 7) is 7.30. The Labute approximate surface area is 127 Å². The second kappa shape index (κ2) is 6.34. The van der Waals surface area contributed by atoms with E-state index in [2.05, 4.69) is 5.32 Å². The van der Waals surface area contributed by atoms with E-state index >= 15 is 0 Å². The average Bonchev–Trinajstić information content (AvgIpc) is 3.21. The fourth-order valence-corrected chi connectivity index (χ4v) is 2.89. The molecule has 1 saturated heterocycles. The fourth-order valence-electron chi connectivity index (χ4n) is 2.89. The lowest BCUT2D eigenvalue weighted by Crippen LogP contribution is -2.49. The van der Waals surface area contributed by atoms with Crippen molar-refractivity contribution in [1.82, 2.24) is 10.2 Å². The highest BCUT2D eigenvalue weighted by Gasteiger charge is 2.32. The Morgan fingerprint density at radius 1 is 1.19 bits per heavy atom. The Morgan fingerprint density at radius 2 is 1.76 bits per heavy atom. The molecule has 1 aliphatic carbocycles. The first kappa shape index (κ1) is 16.3. The van der Waals surface area contributed by atoms with E-state index < -0.39 is 0 Å². The van der Waals surface area contributed by atoms with E-state index in [9.17, 15) is 9.59 Å². The second-order valence-electron chi connectivity index (χ2n) is 7.59. The lowest BCUT2D eigenvalue weighted by molar-refractivity contribution is -0.140. The topological polar surface area (TPSA) is 75.4 Å². The molecule has 0 aromatic carbocycles. The van der Waals surface area contributed by atoms with E-state index in [0.29, 0.717) is 12.3 Å². The number of carbonyl (C=O) groups excluding carboxylic acids is 2. The third kappa shape index (κ3) is 4.70. The Kier molecular flexibility index (Phi) is 4.91. The molecule has 3 N–H and O–H groups in total. The molecule has 2 fully saturated rings. The molecule has 0 spiro atoms. The van der Waals surface area contributed by atoms with Crippen molar-refractivity contribution in [1.29, 1.82) is 0 Å². The van der Waals surface area contributed by atoms with Crippen molar-refractivity contribution in [2.45, 2.75) is 65.0 Å². The summed E-state index contributed by atoms with van der Waals surface area (Å²) in [7, 11) is 0. The molecule has 1 heterocycles. The largest absolute Gasteiger partial charge is 0.353 e. The van der Waals surface area contributed by atoms with Gasteiger partial charge in [0.25, 0.3) is 0 Å². The van der Waals surface area contributed by atoms with Crippen LogP contribution in [-0.2, 0) is 9.59 Å². The average molecular weight is 295 g/mol. The van der Waals surface area contributed by atoms with Gasteiger partial charge in [0.15, 0.2) is 0 Å². The minimum Gasteiger partial charge on any atom is -0.353 e. The molecule has 120 valence electrons. The standard InChI is InChI=1S/C16H29N3O2/c1-16(2,3)15(21)19-8-6-12(7-9-19)18-14(20)10-13(17)11-4-5-11/h11-13H,4-10,17H2,1-3H3,(H,18,20). The van der Waals surface area contributed by atoms with Crippen LogP contribution in [0, 0.1) is 11.3 Å². The number of nitrogens with zero attached hydrogens (tertiary/aromatic N) is 1. The molecule has 2 rings (SSSR count). The van der Waals surface area contributed by atoms with Crippen LogP contribution < -0.4 is 11.1 Å². The van der Waals surface area contributed by atoms with E-state index in [4.69, 9.17) is 5.73 Å². The van der Waals surface area contributed by atoms with Crippen molar-refractivity contribution >= 4 is 11.8 Å². The number of amides is 2. The van der Waals surface area contributed by atoms with Gasteiger partial charge in [0, 0.05) is 37.0 Å². The van der Waals surface area contributed by atoms with Crippen LogP contribution in [0.5, 0.6) is 0 Å². The number of hydrogen-bond acceptors (Lipinski definition) is 3. The van der Waals surface area contributed by atoms with Gasteiger partial charge in [0.1, 0.15) is 0 Å². The molecular formula is C16H29N3O2. The van der Waals surface area contributed by atoms with E-state index in [0.717, 1.165) is 25.9 Å². The van der Waals surface area contributed by atoms with Gasteiger partial charge in [-0.2, -0.15) is 0 Å². The van der Waals surface area contributed by atoms with Gasteiger partial charge in [0.05, 0.1) is 0 Å². The van der Waals surface area contributed by atoms with Crippen LogP contribution in [0.3, 0.4) is 0 Å². The smallest absolute Gasteiger partial charge is 0.227 e. The van der Waals surface area contributed by atoms with Gasteiger partial charge in [-0.1, -0.05) is 20.8 Å². The summed E-state index contributed by atoms with van der Waals surface area (Å²) in [6.07, 6.45) is 4.45. The first-order valence-corrected chi connectivity index (χ1v) is 8.11. The van der Waals surface area contributed by atoms with Crippen LogP contribution in [0.1, 0.15) is 52.9 Å². The molecular weight excluding hydrogens is 266 g/mol. The normalized spacial score (nSPS) is 22.0. The van der Waals surface area contributed by atoms with Gasteiger partial charge in [-0.25, -0.2) is 0 Å². The van der Waals surface area contributed by atoms with Crippen molar-refractivity contribution in [2.75, 3.05) is 13.1 Å². The van der Waals surface area contributed by atoms with Crippen LogP contribution in [0.2, 0.25) is 0 Å². The molecule has 5 nitrogen and oxygen atoms in total. The Morgan fingerprint density at radius 3 is 2.24 bits per heavy atom. The molecule has 1 atom stereocenters. The fraction of sp³-hybridized carbons (Fsp3) is 0.875. The van der Waals surface area contributed by atoms with E-state index in [1.54, 1.807) is 0 Å². The summed E-state index contributed by atoms with van der Waals surface area (Å²) in [6, 6.07) is 0.209. The second-order valence-corrected chi connectivity index (χ2v) is 7.59. The van der Waals surface area contributed by atoms with Gasteiger partial charge >= 0.3 is 0 Å². The lowest BCUT2D eigenvalue weighted by Gasteiger charge is -2.36. The maximum absolute atomic E-state index is 12.2. The van der Waals surface area contributed by atoms with Gasteiger partial charge in [-0.05, 0) is 31.6 Å². The maximum atomic E-state index is 12.2. The van der Waals surface area contributed by atoms with Crippen LogP contribution >= 0.6 is 0 Å². The third-order valence-corrected chi connectivity index (χ3v) is 4.44. The molecule has 1 unspecified atom stereocenters. The zero-order valence-electron chi connectivity index (χ0n) is 13.5. The number of nitrogens with one attached hydrogen (secondary N) is 1. The Bertz CT molecular complexity index is 391. The van der Waals surface area contributed by atoms with Crippen LogP contribution in [0.15, 0.2) is 0 Å². The Hall–Kier alpha value is -1.10. The van der Waals surface area contributed by atoms with Crippen molar-refractivity contribution in [3.05, 3.63) is 0 Å². The monoisotopic (exact) mass is 295 g/mol. The number of rotatable bonds is 4. The first-order chi connectivity index (χ1) is 9.77. The summed E-state index contributed by atoms with van der Waals surface area (Å²) in [5.74, 6) is 0.819. The molecule has 2 aliphatic rings. The van der Waals surface area contributed by atoms with Crippen molar-refractivity contribution in [2.24, 2.45) is 17.1 Å². The van der Waals surface area contributed by atoms with Gasteiger partial charge in [-0.15, -0.1) is 0 Å². The number of hydrogen-bond donors (Lipinski definition) is 2. The molecule has 1 saturated carbocycles. The number of piperidine rings is 1. The minimum atomic E-state index is -0.326. The zero-order valence-corrected chi connectivity index (χ0v) is 13.5. The Balaban J connectivity index is 1.71. The van der Waals surface area contributed by atoms with Crippen LogP contribution in [-0.4, -0.2) is 41.9 Å². The number of carbonyl (C=O) groups is 2. The predicted molar refractivity (Wildman–Crippen MR) is 82.5 cm³/mol. The summed E-state index contributed by atoms with van der Waals surface area (Å²) in [4.78, 5) is 26.1. The predicted octanol–water partition coefficient (Wildman–Crippen LogP) is 1.27. The molecule has 2 amide bonds. The summed E-state index contributed by atoms with van der Waals surface area (Å²) >= 11 is 0. The highest BCUT2D eigenvalue weighted by molar-refractivity contribution is 5.81.